The maximum absolute atomic E-state index is 5.60. The molecule has 1 aliphatic heterocycles. The van der Waals surface area contributed by atoms with Gasteiger partial charge in [0, 0.05) is 20.2 Å². The van der Waals surface area contributed by atoms with Crippen LogP contribution in [-0.4, -0.2) is 33.0 Å². The molecule has 1 aliphatic rings. The summed E-state index contributed by atoms with van der Waals surface area (Å²) in [6, 6.07) is 16.0. The molecule has 138 valence electrons. The second kappa shape index (κ2) is 9.10. The number of rotatable bonds is 7. The van der Waals surface area contributed by atoms with Crippen molar-refractivity contribution in [2.24, 2.45) is 4.99 Å². The second-order valence-corrected chi connectivity index (χ2v) is 5.90. The Balaban J connectivity index is 1.61. The third kappa shape index (κ3) is 4.67. The molecule has 0 aliphatic carbocycles. The van der Waals surface area contributed by atoms with Crippen molar-refractivity contribution in [2.45, 2.75) is 19.6 Å². The van der Waals surface area contributed by atoms with E-state index in [4.69, 9.17) is 14.2 Å². The minimum Gasteiger partial charge on any atom is -0.454 e. The number of hydrogen-bond donors (Lipinski definition) is 2. The van der Waals surface area contributed by atoms with Gasteiger partial charge >= 0.3 is 0 Å². The van der Waals surface area contributed by atoms with E-state index in [1.54, 1.807) is 7.11 Å². The van der Waals surface area contributed by atoms with Crippen molar-refractivity contribution in [1.29, 1.82) is 0 Å². The van der Waals surface area contributed by atoms with Gasteiger partial charge in [0.15, 0.2) is 17.5 Å². The SMILES string of the molecule is CCNC(=NCc1ccc2c(c1)OCO2)NCC(OC)c1ccccc1. The standard InChI is InChI=1S/C20H25N3O3/c1-3-21-20(23-13-19(24-2)16-7-5-4-6-8-16)22-12-15-9-10-17-18(11-15)26-14-25-17/h4-11,19H,3,12-14H2,1-2H3,(H2,21,22,23). The quantitative estimate of drug-likeness (QED) is 0.591. The Morgan fingerprint density at radius 3 is 2.69 bits per heavy atom. The molecule has 0 fully saturated rings. The Bertz CT molecular complexity index is 734. The topological polar surface area (TPSA) is 64.1 Å². The molecule has 2 aromatic rings. The fraction of sp³-hybridized carbons (Fsp3) is 0.350. The molecule has 0 spiro atoms. The summed E-state index contributed by atoms with van der Waals surface area (Å²) < 4.78 is 16.4. The predicted octanol–water partition coefficient (Wildman–Crippen LogP) is 2.86. The van der Waals surface area contributed by atoms with Gasteiger partial charge in [-0.3, -0.25) is 0 Å². The van der Waals surface area contributed by atoms with Gasteiger partial charge in [0.05, 0.1) is 12.6 Å². The summed E-state index contributed by atoms with van der Waals surface area (Å²) in [6.45, 7) is 4.30. The molecule has 0 saturated heterocycles. The van der Waals surface area contributed by atoms with Crippen LogP contribution in [0, 0.1) is 0 Å². The van der Waals surface area contributed by atoms with Crippen molar-refractivity contribution < 1.29 is 14.2 Å². The maximum Gasteiger partial charge on any atom is 0.231 e. The summed E-state index contributed by atoms with van der Waals surface area (Å²) in [5, 5.41) is 6.61. The molecule has 0 bridgehead atoms. The summed E-state index contributed by atoms with van der Waals surface area (Å²) in [5.41, 5.74) is 2.20. The summed E-state index contributed by atoms with van der Waals surface area (Å²) in [7, 11) is 1.72. The molecule has 1 unspecified atom stereocenters. The molecule has 26 heavy (non-hydrogen) atoms. The average molecular weight is 355 g/mol. The molecule has 1 heterocycles. The normalized spacial score (nSPS) is 14.2. The molecule has 1 atom stereocenters. The van der Waals surface area contributed by atoms with Crippen molar-refractivity contribution in [1.82, 2.24) is 10.6 Å². The molecule has 0 radical (unpaired) electrons. The van der Waals surface area contributed by atoms with E-state index in [0.29, 0.717) is 13.1 Å². The molecule has 0 saturated carbocycles. The van der Waals surface area contributed by atoms with Crippen molar-refractivity contribution in [2.75, 3.05) is 27.0 Å². The van der Waals surface area contributed by atoms with Crippen LogP contribution in [0.4, 0.5) is 0 Å². The molecule has 0 amide bonds. The smallest absolute Gasteiger partial charge is 0.231 e. The number of ether oxygens (including phenoxy) is 3. The highest BCUT2D eigenvalue weighted by Crippen LogP contribution is 2.32. The van der Waals surface area contributed by atoms with E-state index in [-0.39, 0.29) is 12.9 Å². The fourth-order valence-electron chi connectivity index (χ4n) is 2.75. The summed E-state index contributed by atoms with van der Waals surface area (Å²) in [4.78, 5) is 4.65. The van der Waals surface area contributed by atoms with Crippen LogP contribution in [-0.2, 0) is 11.3 Å². The highest BCUT2D eigenvalue weighted by molar-refractivity contribution is 5.79. The van der Waals surface area contributed by atoms with Gasteiger partial charge in [0.1, 0.15) is 0 Å². The number of nitrogens with one attached hydrogen (secondary N) is 2. The van der Waals surface area contributed by atoms with E-state index in [1.165, 1.54) is 0 Å². The molecular weight excluding hydrogens is 330 g/mol. The maximum atomic E-state index is 5.60. The third-order valence-electron chi connectivity index (χ3n) is 4.11. The first-order chi connectivity index (χ1) is 12.8. The number of benzene rings is 2. The highest BCUT2D eigenvalue weighted by Gasteiger charge is 2.13. The van der Waals surface area contributed by atoms with Crippen molar-refractivity contribution in [3.63, 3.8) is 0 Å². The van der Waals surface area contributed by atoms with Gasteiger partial charge in [0.25, 0.3) is 0 Å². The molecule has 6 nitrogen and oxygen atoms in total. The van der Waals surface area contributed by atoms with Crippen LogP contribution in [0.5, 0.6) is 11.5 Å². The zero-order chi connectivity index (χ0) is 18.2. The first-order valence-electron chi connectivity index (χ1n) is 8.78. The molecular formula is C20H25N3O3. The largest absolute Gasteiger partial charge is 0.454 e. The predicted molar refractivity (Wildman–Crippen MR) is 102 cm³/mol. The van der Waals surface area contributed by atoms with Crippen molar-refractivity contribution in [3.05, 3.63) is 59.7 Å². The Kier molecular flexibility index (Phi) is 6.33. The Labute approximate surface area is 154 Å². The Morgan fingerprint density at radius 1 is 1.12 bits per heavy atom. The van der Waals surface area contributed by atoms with Gasteiger partial charge in [-0.1, -0.05) is 36.4 Å². The zero-order valence-corrected chi connectivity index (χ0v) is 15.2. The molecule has 6 heteroatoms. The minimum absolute atomic E-state index is 0.0365. The summed E-state index contributed by atoms with van der Waals surface area (Å²) >= 11 is 0. The third-order valence-corrected chi connectivity index (χ3v) is 4.11. The second-order valence-electron chi connectivity index (χ2n) is 5.90. The summed E-state index contributed by atoms with van der Waals surface area (Å²) in [6.07, 6.45) is -0.0365. The van der Waals surface area contributed by atoms with Gasteiger partial charge in [0.2, 0.25) is 6.79 Å². The van der Waals surface area contributed by atoms with Gasteiger partial charge in [-0.2, -0.15) is 0 Å². The average Bonchev–Trinajstić information content (AvgIpc) is 3.15. The lowest BCUT2D eigenvalue weighted by Gasteiger charge is -2.18. The van der Waals surface area contributed by atoms with Crippen LogP contribution in [0.15, 0.2) is 53.5 Å². The number of fused-ring (bicyclic) bond motifs is 1. The lowest BCUT2D eigenvalue weighted by Crippen LogP contribution is -2.39. The first kappa shape index (κ1) is 18.1. The first-order valence-corrected chi connectivity index (χ1v) is 8.78. The van der Waals surface area contributed by atoms with Crippen LogP contribution in [0.2, 0.25) is 0 Å². The number of guanidine groups is 1. The molecule has 2 aromatic carbocycles. The van der Waals surface area contributed by atoms with Crippen LogP contribution in [0.3, 0.4) is 0 Å². The van der Waals surface area contributed by atoms with E-state index in [1.807, 2.05) is 43.3 Å². The number of nitrogens with zero attached hydrogens (tertiary/aromatic N) is 1. The van der Waals surface area contributed by atoms with Crippen molar-refractivity contribution in [3.8, 4) is 11.5 Å². The highest BCUT2D eigenvalue weighted by atomic mass is 16.7. The monoisotopic (exact) mass is 355 g/mol. The van der Waals surface area contributed by atoms with Crippen molar-refractivity contribution >= 4 is 5.96 Å². The number of hydrogen-bond acceptors (Lipinski definition) is 4. The zero-order valence-electron chi connectivity index (χ0n) is 15.2. The molecule has 3 rings (SSSR count). The van der Waals surface area contributed by atoms with E-state index in [9.17, 15) is 0 Å². The number of methoxy groups -OCH3 is 1. The van der Waals surface area contributed by atoms with Gasteiger partial charge in [-0.15, -0.1) is 0 Å². The van der Waals surface area contributed by atoms with E-state index in [0.717, 1.165) is 35.1 Å². The van der Waals surface area contributed by atoms with Gasteiger partial charge in [-0.25, -0.2) is 4.99 Å². The van der Waals surface area contributed by atoms with Crippen LogP contribution in [0.25, 0.3) is 0 Å². The van der Waals surface area contributed by atoms with Gasteiger partial charge < -0.3 is 24.8 Å². The number of aliphatic imine (C=N–C) groups is 1. The lowest BCUT2D eigenvalue weighted by molar-refractivity contribution is 0.106. The van der Waals surface area contributed by atoms with E-state index >= 15 is 0 Å². The van der Waals surface area contributed by atoms with Crippen LogP contribution < -0.4 is 20.1 Å². The van der Waals surface area contributed by atoms with Crippen LogP contribution in [0.1, 0.15) is 24.2 Å². The van der Waals surface area contributed by atoms with Gasteiger partial charge in [-0.05, 0) is 30.2 Å². The lowest BCUT2D eigenvalue weighted by atomic mass is 10.1. The fourth-order valence-corrected chi connectivity index (χ4v) is 2.75. The Morgan fingerprint density at radius 2 is 1.92 bits per heavy atom. The van der Waals surface area contributed by atoms with Crippen LogP contribution >= 0.6 is 0 Å². The minimum atomic E-state index is -0.0365. The van der Waals surface area contributed by atoms with E-state index in [2.05, 4.69) is 27.8 Å². The Hall–Kier alpha value is -2.73. The summed E-state index contributed by atoms with van der Waals surface area (Å²) in [5.74, 6) is 2.32. The van der Waals surface area contributed by atoms with E-state index < -0.39 is 0 Å². The molecule has 2 N–H and O–H groups in total. The molecule has 0 aromatic heterocycles.